The molecular weight excluding hydrogens is 220 g/mol. The standard InChI is InChI=1S/C16H22N2/c17-14-16(10-12-18-13-11-16)9-5-4-8-15-6-2-1-3-7-15/h1-3,6-7,18H,4-5,8-13H2. The lowest BCUT2D eigenvalue weighted by Gasteiger charge is -2.31. The van der Waals surface area contributed by atoms with Gasteiger partial charge in [-0.05, 0) is 50.8 Å². The number of hydrogen-bond donors (Lipinski definition) is 1. The van der Waals surface area contributed by atoms with Crippen LogP contribution in [0.15, 0.2) is 30.3 Å². The van der Waals surface area contributed by atoms with Crippen LogP contribution in [0.4, 0.5) is 0 Å². The Morgan fingerprint density at radius 2 is 1.83 bits per heavy atom. The van der Waals surface area contributed by atoms with E-state index in [0.717, 1.165) is 38.8 Å². The number of hydrogen-bond acceptors (Lipinski definition) is 2. The van der Waals surface area contributed by atoms with E-state index in [1.54, 1.807) is 0 Å². The summed E-state index contributed by atoms with van der Waals surface area (Å²) in [4.78, 5) is 0. The summed E-state index contributed by atoms with van der Waals surface area (Å²) in [7, 11) is 0. The van der Waals surface area contributed by atoms with Crippen molar-refractivity contribution in [3.05, 3.63) is 35.9 Å². The predicted octanol–water partition coefficient (Wildman–Crippen LogP) is 3.29. The van der Waals surface area contributed by atoms with Gasteiger partial charge in [-0.2, -0.15) is 5.26 Å². The van der Waals surface area contributed by atoms with Crippen molar-refractivity contribution in [1.29, 1.82) is 5.26 Å². The monoisotopic (exact) mass is 242 g/mol. The van der Waals surface area contributed by atoms with Crippen molar-refractivity contribution in [1.82, 2.24) is 5.32 Å². The van der Waals surface area contributed by atoms with Gasteiger partial charge in [0.15, 0.2) is 0 Å². The molecule has 1 aliphatic rings. The molecule has 1 aromatic rings. The third kappa shape index (κ3) is 3.58. The highest BCUT2D eigenvalue weighted by molar-refractivity contribution is 5.14. The summed E-state index contributed by atoms with van der Waals surface area (Å²) in [5.41, 5.74) is 1.37. The van der Waals surface area contributed by atoms with Crippen LogP contribution in [0.25, 0.3) is 0 Å². The number of unbranched alkanes of at least 4 members (excludes halogenated alkanes) is 1. The minimum Gasteiger partial charge on any atom is -0.317 e. The number of nitrogens with zero attached hydrogens (tertiary/aromatic N) is 1. The molecule has 2 heteroatoms. The van der Waals surface area contributed by atoms with Crippen LogP contribution >= 0.6 is 0 Å². The van der Waals surface area contributed by atoms with E-state index in [9.17, 15) is 5.26 Å². The van der Waals surface area contributed by atoms with Crippen molar-refractivity contribution >= 4 is 0 Å². The second-order valence-corrected chi connectivity index (χ2v) is 5.33. The molecule has 1 heterocycles. The molecule has 0 bridgehead atoms. The lowest BCUT2D eigenvalue weighted by molar-refractivity contribution is 0.255. The van der Waals surface area contributed by atoms with E-state index in [1.165, 1.54) is 18.4 Å². The molecular formula is C16H22N2. The van der Waals surface area contributed by atoms with Crippen molar-refractivity contribution < 1.29 is 0 Å². The Bertz CT molecular complexity index is 385. The van der Waals surface area contributed by atoms with Crippen LogP contribution in [0.3, 0.4) is 0 Å². The third-order valence-corrected chi connectivity index (χ3v) is 4.01. The first-order valence-corrected chi connectivity index (χ1v) is 7.01. The van der Waals surface area contributed by atoms with Crippen LogP contribution in [-0.2, 0) is 6.42 Å². The molecule has 1 fully saturated rings. The van der Waals surface area contributed by atoms with Gasteiger partial charge in [-0.25, -0.2) is 0 Å². The molecule has 0 saturated carbocycles. The van der Waals surface area contributed by atoms with E-state index in [4.69, 9.17) is 0 Å². The Labute approximate surface area is 110 Å². The van der Waals surface area contributed by atoms with Gasteiger partial charge in [-0.3, -0.25) is 0 Å². The number of benzene rings is 1. The topological polar surface area (TPSA) is 35.8 Å². The van der Waals surface area contributed by atoms with Crippen molar-refractivity contribution in [2.24, 2.45) is 5.41 Å². The minimum atomic E-state index is -0.0397. The van der Waals surface area contributed by atoms with E-state index in [1.807, 2.05) is 0 Å². The number of piperidine rings is 1. The lowest BCUT2D eigenvalue weighted by atomic mass is 9.76. The van der Waals surface area contributed by atoms with Gasteiger partial charge in [0.1, 0.15) is 0 Å². The highest BCUT2D eigenvalue weighted by atomic mass is 14.9. The first kappa shape index (κ1) is 13.1. The largest absolute Gasteiger partial charge is 0.317 e. The molecule has 2 rings (SSSR count). The molecule has 96 valence electrons. The number of aryl methyl sites for hydroxylation is 1. The Morgan fingerprint density at radius 1 is 1.11 bits per heavy atom. The van der Waals surface area contributed by atoms with Gasteiger partial charge in [0, 0.05) is 0 Å². The summed E-state index contributed by atoms with van der Waals surface area (Å²) in [5, 5.41) is 12.7. The van der Waals surface area contributed by atoms with Crippen LogP contribution < -0.4 is 5.32 Å². The molecule has 18 heavy (non-hydrogen) atoms. The fourth-order valence-electron chi connectivity index (χ4n) is 2.76. The van der Waals surface area contributed by atoms with E-state index < -0.39 is 0 Å². The molecule has 0 aliphatic carbocycles. The Kier molecular flexibility index (Phi) is 4.78. The van der Waals surface area contributed by atoms with Crippen LogP contribution in [0, 0.1) is 16.7 Å². The molecule has 0 atom stereocenters. The average molecular weight is 242 g/mol. The van der Waals surface area contributed by atoms with E-state index in [0.29, 0.717) is 0 Å². The van der Waals surface area contributed by atoms with Gasteiger partial charge >= 0.3 is 0 Å². The zero-order valence-corrected chi connectivity index (χ0v) is 11.0. The Morgan fingerprint density at radius 3 is 2.50 bits per heavy atom. The van der Waals surface area contributed by atoms with Crippen LogP contribution in [0.5, 0.6) is 0 Å². The summed E-state index contributed by atoms with van der Waals surface area (Å²) in [5.74, 6) is 0. The normalized spacial score (nSPS) is 18.2. The van der Waals surface area contributed by atoms with E-state index in [2.05, 4.69) is 41.7 Å². The fourth-order valence-corrected chi connectivity index (χ4v) is 2.76. The third-order valence-electron chi connectivity index (χ3n) is 4.01. The maximum absolute atomic E-state index is 9.38. The van der Waals surface area contributed by atoms with Gasteiger partial charge in [0.2, 0.25) is 0 Å². The van der Waals surface area contributed by atoms with Gasteiger partial charge in [-0.15, -0.1) is 0 Å². The van der Waals surface area contributed by atoms with Crippen molar-refractivity contribution in [3.8, 4) is 6.07 Å². The molecule has 1 N–H and O–H groups in total. The van der Waals surface area contributed by atoms with Crippen LogP contribution in [0.2, 0.25) is 0 Å². The molecule has 1 aliphatic heterocycles. The smallest absolute Gasteiger partial charge is 0.0690 e. The first-order chi connectivity index (χ1) is 8.85. The van der Waals surface area contributed by atoms with Crippen molar-refractivity contribution in [3.63, 3.8) is 0 Å². The second-order valence-electron chi connectivity index (χ2n) is 5.33. The second kappa shape index (κ2) is 6.56. The van der Waals surface area contributed by atoms with Crippen LogP contribution in [0.1, 0.15) is 37.7 Å². The van der Waals surface area contributed by atoms with Gasteiger partial charge in [0.05, 0.1) is 11.5 Å². The zero-order chi connectivity index (χ0) is 12.7. The number of nitrogens with one attached hydrogen (secondary N) is 1. The fraction of sp³-hybridized carbons (Fsp3) is 0.562. The van der Waals surface area contributed by atoms with Gasteiger partial charge < -0.3 is 5.32 Å². The van der Waals surface area contributed by atoms with Gasteiger partial charge in [-0.1, -0.05) is 36.8 Å². The molecule has 2 nitrogen and oxygen atoms in total. The minimum absolute atomic E-state index is 0.0397. The molecule has 0 spiro atoms. The average Bonchev–Trinajstić information content (AvgIpc) is 2.46. The maximum atomic E-state index is 9.38. The summed E-state index contributed by atoms with van der Waals surface area (Å²) < 4.78 is 0. The zero-order valence-electron chi connectivity index (χ0n) is 11.0. The summed E-state index contributed by atoms with van der Waals surface area (Å²) in [6, 6.07) is 13.2. The Hall–Kier alpha value is -1.33. The molecule has 0 aromatic heterocycles. The highest BCUT2D eigenvalue weighted by Crippen LogP contribution is 2.33. The van der Waals surface area contributed by atoms with Crippen molar-refractivity contribution in [2.45, 2.75) is 38.5 Å². The molecule has 1 aromatic carbocycles. The predicted molar refractivity (Wildman–Crippen MR) is 74.1 cm³/mol. The molecule has 0 amide bonds. The lowest BCUT2D eigenvalue weighted by Crippen LogP contribution is -2.35. The number of nitriles is 1. The van der Waals surface area contributed by atoms with Crippen molar-refractivity contribution in [2.75, 3.05) is 13.1 Å². The van der Waals surface area contributed by atoms with E-state index >= 15 is 0 Å². The summed E-state index contributed by atoms with van der Waals surface area (Å²) in [6.07, 6.45) is 6.62. The maximum Gasteiger partial charge on any atom is 0.0690 e. The summed E-state index contributed by atoms with van der Waals surface area (Å²) >= 11 is 0. The molecule has 0 radical (unpaired) electrons. The molecule has 0 unspecified atom stereocenters. The number of rotatable bonds is 5. The molecule has 1 saturated heterocycles. The SMILES string of the molecule is N#CC1(CCCCc2ccccc2)CCNCC1. The first-order valence-electron chi connectivity index (χ1n) is 7.01. The van der Waals surface area contributed by atoms with E-state index in [-0.39, 0.29) is 5.41 Å². The highest BCUT2D eigenvalue weighted by Gasteiger charge is 2.30. The Balaban J connectivity index is 1.73. The van der Waals surface area contributed by atoms with Gasteiger partial charge in [0.25, 0.3) is 0 Å². The van der Waals surface area contributed by atoms with Crippen LogP contribution in [-0.4, -0.2) is 13.1 Å². The quantitative estimate of drug-likeness (QED) is 0.804. The summed E-state index contributed by atoms with van der Waals surface area (Å²) in [6.45, 7) is 2.01.